The molecule has 9 nitrogen and oxygen atoms in total. The summed E-state index contributed by atoms with van der Waals surface area (Å²) in [6.07, 6.45) is 2.58. The number of ether oxygens (including phenoxy) is 2. The molecule has 22 heavy (non-hydrogen) atoms. The molecule has 0 atom stereocenters. The summed E-state index contributed by atoms with van der Waals surface area (Å²) >= 11 is 0. The number of carbonyl (C=O) groups excluding carboxylic acids is 2. The monoisotopic (exact) mass is 302 g/mol. The maximum atomic E-state index is 12.4. The van der Waals surface area contributed by atoms with E-state index < -0.39 is 17.5 Å². The summed E-state index contributed by atoms with van der Waals surface area (Å²) in [5.74, 6) is -1.56. The molecule has 3 rings (SSSR count). The predicted molar refractivity (Wildman–Crippen MR) is 73.8 cm³/mol. The highest BCUT2D eigenvalue weighted by Crippen LogP contribution is 2.19. The van der Waals surface area contributed by atoms with Crippen LogP contribution in [-0.4, -0.2) is 45.5 Å². The topological polar surface area (TPSA) is 116 Å². The number of hydrogen-bond donors (Lipinski definition) is 1. The minimum Gasteiger partial charge on any atom is -0.465 e. The number of aromatic amines is 1. The molecule has 1 N–H and O–H groups in total. The first-order chi connectivity index (χ1) is 10.6. The van der Waals surface area contributed by atoms with E-state index in [0.717, 1.165) is 17.6 Å². The molecule has 112 valence electrons. The number of pyridine rings is 1. The first kappa shape index (κ1) is 13.7. The Morgan fingerprint density at radius 1 is 1.14 bits per heavy atom. The fraction of sp³-hybridized carbons (Fsp3) is 0.154. The second kappa shape index (κ2) is 4.95. The fourth-order valence-electron chi connectivity index (χ4n) is 2.19. The number of rotatable bonds is 2. The zero-order valence-corrected chi connectivity index (χ0v) is 11.6. The zero-order chi connectivity index (χ0) is 15.9. The molecule has 0 fully saturated rings. The van der Waals surface area contributed by atoms with Gasteiger partial charge in [0.15, 0.2) is 5.65 Å². The normalized spacial score (nSPS) is 10.8. The second-order valence-corrected chi connectivity index (χ2v) is 4.32. The molecule has 3 aromatic rings. The molecule has 9 heteroatoms. The third kappa shape index (κ3) is 1.83. The van der Waals surface area contributed by atoms with E-state index in [1.54, 1.807) is 0 Å². The van der Waals surface area contributed by atoms with Gasteiger partial charge in [-0.2, -0.15) is 0 Å². The number of methoxy groups -OCH3 is 2. The SMILES string of the molecule is COC(=O)c1cc(C(=O)OC)c2c3[nH]cnc3ncn2c1=O. The van der Waals surface area contributed by atoms with Crippen LogP contribution in [0.4, 0.5) is 0 Å². The zero-order valence-electron chi connectivity index (χ0n) is 11.6. The minimum atomic E-state index is -0.853. The van der Waals surface area contributed by atoms with Gasteiger partial charge in [-0.05, 0) is 6.07 Å². The summed E-state index contributed by atoms with van der Waals surface area (Å²) in [4.78, 5) is 46.9. The standard InChI is InChI=1S/C13H10N4O5/c1-21-12(19)6-3-7(13(20)22-2)11(18)17-5-16-10-8(9(6)17)14-4-15-10/h3-5H,1-2H3,(H,14,15). The van der Waals surface area contributed by atoms with E-state index in [4.69, 9.17) is 4.74 Å². The lowest BCUT2D eigenvalue weighted by Gasteiger charge is -2.09. The average Bonchev–Trinajstić information content (AvgIpc) is 3.02. The number of nitrogens with one attached hydrogen (secondary N) is 1. The fourth-order valence-corrected chi connectivity index (χ4v) is 2.19. The largest absolute Gasteiger partial charge is 0.465 e. The molecule has 0 unspecified atom stereocenters. The smallest absolute Gasteiger partial charge is 0.343 e. The number of fused-ring (bicyclic) bond motifs is 3. The van der Waals surface area contributed by atoms with E-state index in [9.17, 15) is 14.4 Å². The number of carbonyl (C=O) groups is 2. The van der Waals surface area contributed by atoms with Gasteiger partial charge in [-0.15, -0.1) is 0 Å². The lowest BCUT2D eigenvalue weighted by atomic mass is 10.1. The van der Waals surface area contributed by atoms with Crippen LogP contribution in [0.3, 0.4) is 0 Å². The van der Waals surface area contributed by atoms with Gasteiger partial charge < -0.3 is 14.5 Å². The number of hydrogen-bond acceptors (Lipinski definition) is 7. The Balaban J connectivity index is 2.53. The summed E-state index contributed by atoms with van der Waals surface area (Å²) in [5.41, 5.74) is 0.0255. The van der Waals surface area contributed by atoms with Gasteiger partial charge in [0.25, 0.3) is 5.56 Å². The van der Waals surface area contributed by atoms with Crippen molar-refractivity contribution in [2.24, 2.45) is 0 Å². The van der Waals surface area contributed by atoms with E-state index in [1.165, 1.54) is 19.8 Å². The molecule has 0 saturated carbocycles. The molecule has 0 radical (unpaired) electrons. The van der Waals surface area contributed by atoms with Gasteiger partial charge in [0.05, 0.1) is 31.6 Å². The van der Waals surface area contributed by atoms with Crippen molar-refractivity contribution in [1.29, 1.82) is 0 Å². The molecule has 0 aromatic carbocycles. The van der Waals surface area contributed by atoms with Crippen LogP contribution in [0, 0.1) is 0 Å². The molecule has 0 bridgehead atoms. The number of H-pyrrole nitrogens is 1. The quantitative estimate of drug-likeness (QED) is 0.669. The number of imidazole rings is 1. The molecule has 0 aliphatic carbocycles. The Hall–Kier alpha value is -3.23. The Bertz CT molecular complexity index is 972. The van der Waals surface area contributed by atoms with Crippen molar-refractivity contribution in [1.82, 2.24) is 19.4 Å². The van der Waals surface area contributed by atoms with Crippen molar-refractivity contribution in [3.63, 3.8) is 0 Å². The van der Waals surface area contributed by atoms with Gasteiger partial charge in [-0.3, -0.25) is 9.20 Å². The van der Waals surface area contributed by atoms with Gasteiger partial charge in [0.2, 0.25) is 0 Å². The minimum absolute atomic E-state index is 0.0270. The van der Waals surface area contributed by atoms with E-state index in [0.29, 0.717) is 11.2 Å². The first-order valence-corrected chi connectivity index (χ1v) is 6.12. The predicted octanol–water partition coefficient (Wildman–Crippen LogP) is 0.144. The highest BCUT2D eigenvalue weighted by atomic mass is 16.5. The maximum absolute atomic E-state index is 12.4. The number of esters is 2. The van der Waals surface area contributed by atoms with Gasteiger partial charge in [-0.1, -0.05) is 0 Å². The molecular weight excluding hydrogens is 292 g/mol. The van der Waals surface area contributed by atoms with Crippen LogP contribution >= 0.6 is 0 Å². The molecule has 0 spiro atoms. The van der Waals surface area contributed by atoms with Gasteiger partial charge in [-0.25, -0.2) is 19.6 Å². The Morgan fingerprint density at radius 2 is 1.82 bits per heavy atom. The van der Waals surface area contributed by atoms with Crippen molar-refractivity contribution in [3.8, 4) is 0 Å². The van der Waals surface area contributed by atoms with Crippen LogP contribution < -0.4 is 5.56 Å². The van der Waals surface area contributed by atoms with Crippen LogP contribution in [0.2, 0.25) is 0 Å². The highest BCUT2D eigenvalue weighted by molar-refractivity contribution is 6.06. The average molecular weight is 302 g/mol. The maximum Gasteiger partial charge on any atom is 0.343 e. The van der Waals surface area contributed by atoms with Crippen molar-refractivity contribution in [2.75, 3.05) is 14.2 Å². The number of nitrogens with zero attached hydrogens (tertiary/aromatic N) is 3. The lowest BCUT2D eigenvalue weighted by Crippen LogP contribution is -2.25. The number of aromatic nitrogens is 4. The third-order valence-electron chi connectivity index (χ3n) is 3.20. The van der Waals surface area contributed by atoms with Crippen LogP contribution in [-0.2, 0) is 9.47 Å². The van der Waals surface area contributed by atoms with Gasteiger partial charge in [0, 0.05) is 0 Å². The summed E-state index contributed by atoms with van der Waals surface area (Å²) in [5, 5.41) is 0. The van der Waals surface area contributed by atoms with Crippen LogP contribution in [0.25, 0.3) is 16.7 Å². The van der Waals surface area contributed by atoms with Crippen LogP contribution in [0.15, 0.2) is 23.5 Å². The Kier molecular flexibility index (Phi) is 3.09. The van der Waals surface area contributed by atoms with Crippen molar-refractivity contribution >= 4 is 28.6 Å². The Morgan fingerprint density at radius 3 is 2.50 bits per heavy atom. The van der Waals surface area contributed by atoms with E-state index in [2.05, 4.69) is 19.7 Å². The highest BCUT2D eigenvalue weighted by Gasteiger charge is 2.22. The van der Waals surface area contributed by atoms with Gasteiger partial charge >= 0.3 is 11.9 Å². The van der Waals surface area contributed by atoms with Crippen molar-refractivity contribution in [2.45, 2.75) is 0 Å². The van der Waals surface area contributed by atoms with Crippen molar-refractivity contribution in [3.05, 3.63) is 40.2 Å². The van der Waals surface area contributed by atoms with E-state index >= 15 is 0 Å². The van der Waals surface area contributed by atoms with E-state index in [1.807, 2.05) is 0 Å². The second-order valence-electron chi connectivity index (χ2n) is 4.32. The first-order valence-electron chi connectivity index (χ1n) is 6.12. The third-order valence-corrected chi connectivity index (χ3v) is 3.20. The Labute approximate surface area is 122 Å². The molecule has 3 aromatic heterocycles. The molecule has 0 saturated heterocycles. The molecule has 0 aliphatic rings. The molecule has 0 amide bonds. The van der Waals surface area contributed by atoms with Gasteiger partial charge in [0.1, 0.15) is 17.4 Å². The summed E-state index contributed by atoms with van der Waals surface area (Å²) in [6, 6.07) is 1.15. The van der Waals surface area contributed by atoms with Crippen LogP contribution in [0.1, 0.15) is 20.7 Å². The molecule has 3 heterocycles. The van der Waals surface area contributed by atoms with Crippen LogP contribution in [0.5, 0.6) is 0 Å². The molecular formula is C13H10N4O5. The lowest BCUT2D eigenvalue weighted by molar-refractivity contribution is 0.0598. The summed E-state index contributed by atoms with van der Waals surface area (Å²) in [7, 11) is 2.35. The summed E-state index contributed by atoms with van der Waals surface area (Å²) in [6.45, 7) is 0. The molecule has 0 aliphatic heterocycles. The van der Waals surface area contributed by atoms with Crippen molar-refractivity contribution < 1.29 is 19.1 Å². The summed E-state index contributed by atoms with van der Waals surface area (Å²) < 4.78 is 10.4. The van der Waals surface area contributed by atoms with E-state index in [-0.39, 0.29) is 16.6 Å².